The molecule has 0 spiro atoms. The fourth-order valence-corrected chi connectivity index (χ4v) is 2.03. The number of hydrogen-bond acceptors (Lipinski definition) is 2. The summed E-state index contributed by atoms with van der Waals surface area (Å²) >= 11 is 0. The van der Waals surface area contributed by atoms with Gasteiger partial charge in [0, 0.05) is 17.8 Å². The van der Waals surface area contributed by atoms with Crippen LogP contribution >= 0.6 is 0 Å². The number of aryl methyl sites for hydroxylation is 1. The molecule has 0 amide bonds. The summed E-state index contributed by atoms with van der Waals surface area (Å²) in [5.74, 6) is 0. The second-order valence-electron chi connectivity index (χ2n) is 4.28. The average molecular weight is 190 g/mol. The summed E-state index contributed by atoms with van der Waals surface area (Å²) in [6.45, 7) is 2.11. The summed E-state index contributed by atoms with van der Waals surface area (Å²) in [4.78, 5) is 0. The third-order valence-electron chi connectivity index (χ3n) is 2.90. The van der Waals surface area contributed by atoms with Crippen molar-refractivity contribution in [3.63, 3.8) is 0 Å². The first-order valence-corrected chi connectivity index (χ1v) is 5.33. The van der Waals surface area contributed by atoms with Crippen LogP contribution in [0.4, 0.5) is 5.69 Å². The van der Waals surface area contributed by atoms with Crippen molar-refractivity contribution >= 4 is 5.69 Å². The number of benzene rings is 1. The van der Waals surface area contributed by atoms with Crippen LogP contribution < -0.4 is 11.1 Å². The molecule has 0 saturated heterocycles. The van der Waals surface area contributed by atoms with Gasteiger partial charge in [0.25, 0.3) is 0 Å². The number of hydrogen-bond donors (Lipinski definition) is 2. The van der Waals surface area contributed by atoms with Crippen LogP contribution in [0, 0.1) is 6.92 Å². The van der Waals surface area contributed by atoms with E-state index in [2.05, 4.69) is 36.5 Å². The highest BCUT2D eigenvalue weighted by atomic mass is 14.9. The molecule has 0 aromatic heterocycles. The lowest BCUT2D eigenvalue weighted by molar-refractivity contribution is 0.688. The molecule has 0 heterocycles. The van der Waals surface area contributed by atoms with Gasteiger partial charge < -0.3 is 11.1 Å². The monoisotopic (exact) mass is 190 g/mol. The second kappa shape index (κ2) is 4.01. The molecule has 2 rings (SSSR count). The number of anilines is 1. The Morgan fingerprint density at radius 3 is 2.50 bits per heavy atom. The first kappa shape index (κ1) is 9.53. The number of nitrogens with one attached hydrogen (secondary N) is 1. The van der Waals surface area contributed by atoms with Crippen LogP contribution in [0.1, 0.15) is 24.8 Å². The van der Waals surface area contributed by atoms with Crippen LogP contribution in [0.5, 0.6) is 0 Å². The standard InChI is InChI=1S/C12H18N2/c1-9-2-5-11(6-3-9)14-12-7-4-10(13)8-12/h2-3,5-6,10,12,14H,4,7-8,13H2,1H3. The highest BCUT2D eigenvalue weighted by molar-refractivity contribution is 5.45. The zero-order valence-electron chi connectivity index (χ0n) is 8.66. The Morgan fingerprint density at radius 1 is 1.21 bits per heavy atom. The van der Waals surface area contributed by atoms with Gasteiger partial charge in [0.15, 0.2) is 0 Å². The van der Waals surface area contributed by atoms with Gasteiger partial charge in [-0.3, -0.25) is 0 Å². The largest absolute Gasteiger partial charge is 0.382 e. The van der Waals surface area contributed by atoms with Crippen molar-refractivity contribution in [2.75, 3.05) is 5.32 Å². The summed E-state index contributed by atoms with van der Waals surface area (Å²) in [5.41, 5.74) is 8.38. The Hall–Kier alpha value is -1.02. The third kappa shape index (κ3) is 2.26. The fourth-order valence-electron chi connectivity index (χ4n) is 2.03. The van der Waals surface area contributed by atoms with Gasteiger partial charge in [-0.05, 0) is 38.3 Å². The van der Waals surface area contributed by atoms with E-state index >= 15 is 0 Å². The van der Waals surface area contributed by atoms with Crippen LogP contribution in [0.2, 0.25) is 0 Å². The lowest BCUT2D eigenvalue weighted by atomic mass is 10.2. The van der Waals surface area contributed by atoms with E-state index in [-0.39, 0.29) is 0 Å². The molecule has 1 aromatic carbocycles. The minimum atomic E-state index is 0.401. The molecule has 2 unspecified atom stereocenters. The van der Waals surface area contributed by atoms with Crippen molar-refractivity contribution < 1.29 is 0 Å². The predicted octanol–water partition coefficient (Wildman–Crippen LogP) is 2.29. The van der Waals surface area contributed by atoms with Gasteiger partial charge in [-0.15, -0.1) is 0 Å². The predicted molar refractivity (Wildman–Crippen MR) is 60.4 cm³/mol. The molecule has 1 aliphatic rings. The Morgan fingerprint density at radius 2 is 1.93 bits per heavy atom. The van der Waals surface area contributed by atoms with Gasteiger partial charge in [-0.1, -0.05) is 17.7 Å². The third-order valence-corrected chi connectivity index (χ3v) is 2.90. The van der Waals surface area contributed by atoms with Crippen LogP contribution in [0.25, 0.3) is 0 Å². The molecule has 14 heavy (non-hydrogen) atoms. The maximum absolute atomic E-state index is 5.86. The van der Waals surface area contributed by atoms with Crippen LogP contribution in [-0.2, 0) is 0 Å². The fraction of sp³-hybridized carbons (Fsp3) is 0.500. The highest BCUT2D eigenvalue weighted by Gasteiger charge is 2.20. The smallest absolute Gasteiger partial charge is 0.0342 e. The van der Waals surface area contributed by atoms with Gasteiger partial charge in [-0.25, -0.2) is 0 Å². The molecule has 3 N–H and O–H groups in total. The van der Waals surface area contributed by atoms with E-state index in [0.29, 0.717) is 12.1 Å². The van der Waals surface area contributed by atoms with E-state index in [0.717, 1.165) is 12.8 Å². The van der Waals surface area contributed by atoms with E-state index < -0.39 is 0 Å². The molecule has 0 aliphatic heterocycles. The topological polar surface area (TPSA) is 38.0 Å². The Kier molecular flexibility index (Phi) is 2.73. The quantitative estimate of drug-likeness (QED) is 0.751. The summed E-state index contributed by atoms with van der Waals surface area (Å²) in [7, 11) is 0. The van der Waals surface area contributed by atoms with Crippen molar-refractivity contribution in [1.82, 2.24) is 0 Å². The van der Waals surface area contributed by atoms with Crippen molar-refractivity contribution in [3.8, 4) is 0 Å². The molecule has 0 bridgehead atoms. The zero-order chi connectivity index (χ0) is 9.97. The molecular weight excluding hydrogens is 172 g/mol. The van der Waals surface area contributed by atoms with E-state index in [9.17, 15) is 0 Å². The van der Waals surface area contributed by atoms with E-state index in [1.165, 1.54) is 17.7 Å². The molecule has 1 fully saturated rings. The first-order chi connectivity index (χ1) is 6.74. The Labute approximate surface area is 85.5 Å². The van der Waals surface area contributed by atoms with Gasteiger partial charge in [0.2, 0.25) is 0 Å². The highest BCUT2D eigenvalue weighted by Crippen LogP contribution is 2.21. The normalized spacial score (nSPS) is 26.4. The number of rotatable bonds is 2. The van der Waals surface area contributed by atoms with Gasteiger partial charge in [-0.2, -0.15) is 0 Å². The lowest BCUT2D eigenvalue weighted by Crippen LogP contribution is -2.20. The molecule has 1 saturated carbocycles. The minimum absolute atomic E-state index is 0.401. The molecule has 0 radical (unpaired) electrons. The molecule has 2 atom stereocenters. The molecule has 76 valence electrons. The van der Waals surface area contributed by atoms with Crippen molar-refractivity contribution in [2.24, 2.45) is 5.73 Å². The minimum Gasteiger partial charge on any atom is -0.382 e. The van der Waals surface area contributed by atoms with Crippen molar-refractivity contribution in [3.05, 3.63) is 29.8 Å². The van der Waals surface area contributed by atoms with Crippen LogP contribution in [-0.4, -0.2) is 12.1 Å². The van der Waals surface area contributed by atoms with Crippen LogP contribution in [0.3, 0.4) is 0 Å². The number of nitrogens with two attached hydrogens (primary N) is 1. The van der Waals surface area contributed by atoms with E-state index in [1.54, 1.807) is 0 Å². The average Bonchev–Trinajstić information content (AvgIpc) is 2.56. The SMILES string of the molecule is Cc1ccc(NC2CCC(N)C2)cc1. The molecular formula is C12H18N2. The van der Waals surface area contributed by atoms with Gasteiger partial charge >= 0.3 is 0 Å². The van der Waals surface area contributed by atoms with E-state index in [4.69, 9.17) is 5.73 Å². The molecule has 2 nitrogen and oxygen atoms in total. The van der Waals surface area contributed by atoms with E-state index in [1.807, 2.05) is 0 Å². The Bertz CT molecular complexity index is 292. The molecule has 2 heteroatoms. The van der Waals surface area contributed by atoms with Gasteiger partial charge in [0.05, 0.1) is 0 Å². The maximum atomic E-state index is 5.86. The molecule has 1 aliphatic carbocycles. The Balaban J connectivity index is 1.94. The summed E-state index contributed by atoms with van der Waals surface area (Å²) in [6, 6.07) is 9.53. The second-order valence-corrected chi connectivity index (χ2v) is 4.28. The van der Waals surface area contributed by atoms with Crippen LogP contribution in [0.15, 0.2) is 24.3 Å². The summed E-state index contributed by atoms with van der Waals surface area (Å²) in [6.07, 6.45) is 3.46. The lowest BCUT2D eigenvalue weighted by Gasteiger charge is -2.13. The van der Waals surface area contributed by atoms with Crippen molar-refractivity contribution in [1.29, 1.82) is 0 Å². The summed E-state index contributed by atoms with van der Waals surface area (Å²) in [5, 5.41) is 3.52. The zero-order valence-corrected chi connectivity index (χ0v) is 8.66. The first-order valence-electron chi connectivity index (χ1n) is 5.33. The van der Waals surface area contributed by atoms with Crippen molar-refractivity contribution in [2.45, 2.75) is 38.3 Å². The summed E-state index contributed by atoms with van der Waals surface area (Å²) < 4.78 is 0. The van der Waals surface area contributed by atoms with Gasteiger partial charge in [0.1, 0.15) is 0 Å². The maximum Gasteiger partial charge on any atom is 0.0342 e. The molecule has 1 aromatic rings.